The molecule has 0 amide bonds. The zero-order valence-electron chi connectivity index (χ0n) is 18.7. The number of aromatic nitrogens is 3. The van der Waals surface area contributed by atoms with Crippen LogP contribution >= 0.6 is 0 Å². The minimum Gasteiger partial charge on any atom is -0.381 e. The van der Waals surface area contributed by atoms with Gasteiger partial charge in [0.05, 0.1) is 5.56 Å². The predicted molar refractivity (Wildman–Crippen MR) is 121 cm³/mol. The van der Waals surface area contributed by atoms with Crippen LogP contribution in [0.5, 0.6) is 0 Å². The second kappa shape index (κ2) is 9.11. The highest BCUT2D eigenvalue weighted by atomic mass is 19.1. The summed E-state index contributed by atoms with van der Waals surface area (Å²) in [4.78, 5) is 11.5. The number of hydrogen-bond donors (Lipinski definition) is 1. The van der Waals surface area contributed by atoms with Crippen molar-refractivity contribution < 1.29 is 13.7 Å². The van der Waals surface area contributed by atoms with E-state index in [0.717, 1.165) is 80.7 Å². The zero-order valence-corrected chi connectivity index (χ0v) is 18.7. The summed E-state index contributed by atoms with van der Waals surface area (Å²) in [5.41, 5.74) is 2.13. The molecule has 0 atom stereocenters. The van der Waals surface area contributed by atoms with Crippen molar-refractivity contribution in [2.75, 3.05) is 31.2 Å². The van der Waals surface area contributed by atoms with Crippen LogP contribution < -0.4 is 10.2 Å². The number of hydrogen-bond acceptors (Lipinski definition) is 7. The van der Waals surface area contributed by atoms with Gasteiger partial charge in [0.1, 0.15) is 17.2 Å². The molecule has 3 aromatic rings. The monoisotopic (exact) mass is 439 g/mol. The van der Waals surface area contributed by atoms with Gasteiger partial charge in [-0.2, -0.15) is 4.98 Å². The lowest BCUT2D eigenvalue weighted by molar-refractivity contribution is 0.0738. The molecule has 5 rings (SSSR count). The fourth-order valence-corrected chi connectivity index (χ4v) is 4.77. The van der Waals surface area contributed by atoms with E-state index in [9.17, 15) is 4.39 Å². The van der Waals surface area contributed by atoms with Crippen LogP contribution in [0.2, 0.25) is 0 Å². The first-order valence-electron chi connectivity index (χ1n) is 11.6. The first-order chi connectivity index (χ1) is 15.6. The molecule has 2 fully saturated rings. The fraction of sp³-hybridized carbons (Fsp3) is 0.542. The molecule has 170 valence electrons. The average Bonchev–Trinajstić information content (AvgIpc) is 3.25. The Morgan fingerprint density at radius 2 is 1.81 bits per heavy atom. The van der Waals surface area contributed by atoms with Gasteiger partial charge in [-0.25, -0.2) is 9.37 Å². The quantitative estimate of drug-likeness (QED) is 0.643. The molecular formula is C24H30FN5O2. The molecule has 4 heterocycles. The van der Waals surface area contributed by atoms with E-state index in [1.807, 2.05) is 19.1 Å². The highest BCUT2D eigenvalue weighted by Crippen LogP contribution is 2.34. The van der Waals surface area contributed by atoms with Gasteiger partial charge in [0.25, 0.3) is 0 Å². The van der Waals surface area contributed by atoms with Gasteiger partial charge in [-0.05, 0) is 55.9 Å². The molecule has 0 aliphatic carbocycles. The molecule has 2 saturated heterocycles. The average molecular weight is 440 g/mol. The Kier molecular flexibility index (Phi) is 6.06. The summed E-state index contributed by atoms with van der Waals surface area (Å²) in [5.74, 6) is 1.44. The van der Waals surface area contributed by atoms with Crippen molar-refractivity contribution in [3.8, 4) is 11.4 Å². The highest BCUT2D eigenvalue weighted by Gasteiger charge is 2.27. The van der Waals surface area contributed by atoms with Gasteiger partial charge in [-0.1, -0.05) is 12.1 Å². The number of benzene rings is 1. The number of nitrogens with zero attached hydrogens (tertiary/aromatic N) is 4. The summed E-state index contributed by atoms with van der Waals surface area (Å²) in [6.45, 7) is 7.17. The molecule has 7 nitrogen and oxygen atoms in total. The normalized spacial score (nSPS) is 18.5. The standard InChI is InChI=1S/C24H30FN5O2/c1-3-16-12-17-14-20(23-26-15(2)32-29-23)24(28-22(17)21(25)13-16)30-8-4-18(5-9-30)27-19-6-10-31-11-7-19/h12-14,18-19,27H,3-11H2,1-2H3. The zero-order chi connectivity index (χ0) is 22.1. The van der Waals surface area contributed by atoms with Crippen LogP contribution in [0.4, 0.5) is 10.2 Å². The number of pyridine rings is 1. The molecule has 0 radical (unpaired) electrons. The number of aryl methyl sites for hydroxylation is 2. The molecular weight excluding hydrogens is 409 g/mol. The minimum atomic E-state index is -0.285. The molecule has 2 aliphatic heterocycles. The maximum Gasteiger partial charge on any atom is 0.223 e. The molecule has 2 aromatic heterocycles. The van der Waals surface area contributed by atoms with Crippen molar-refractivity contribution in [1.82, 2.24) is 20.4 Å². The molecule has 0 spiro atoms. The third-order valence-electron chi connectivity index (χ3n) is 6.58. The first-order valence-corrected chi connectivity index (χ1v) is 11.6. The summed E-state index contributed by atoms with van der Waals surface area (Å²) in [6, 6.07) is 6.56. The number of nitrogens with one attached hydrogen (secondary N) is 1. The maximum absolute atomic E-state index is 14.9. The van der Waals surface area contributed by atoms with Crippen molar-refractivity contribution in [2.45, 2.75) is 58.0 Å². The van der Waals surface area contributed by atoms with E-state index < -0.39 is 0 Å². The van der Waals surface area contributed by atoms with Crippen LogP contribution in [0, 0.1) is 12.7 Å². The van der Waals surface area contributed by atoms with Gasteiger partial charge < -0.3 is 19.5 Å². The van der Waals surface area contributed by atoms with Crippen LogP contribution in [0.3, 0.4) is 0 Å². The van der Waals surface area contributed by atoms with E-state index in [0.29, 0.717) is 29.3 Å². The summed E-state index contributed by atoms with van der Waals surface area (Å²) in [6.07, 6.45) is 4.94. The van der Waals surface area contributed by atoms with Gasteiger partial charge in [-0.15, -0.1) is 0 Å². The van der Waals surface area contributed by atoms with Gasteiger partial charge >= 0.3 is 0 Å². The molecule has 1 N–H and O–H groups in total. The van der Waals surface area contributed by atoms with Crippen LogP contribution in [-0.2, 0) is 11.2 Å². The Labute approximate surface area is 187 Å². The van der Waals surface area contributed by atoms with E-state index in [2.05, 4.69) is 20.4 Å². The fourth-order valence-electron chi connectivity index (χ4n) is 4.77. The van der Waals surface area contributed by atoms with Gasteiger partial charge in [0.2, 0.25) is 11.7 Å². The number of rotatable bonds is 5. The lowest BCUT2D eigenvalue weighted by atomic mass is 10.00. The molecule has 0 saturated carbocycles. The summed E-state index contributed by atoms with van der Waals surface area (Å²) < 4.78 is 25.6. The summed E-state index contributed by atoms with van der Waals surface area (Å²) in [5, 5.41) is 8.70. The molecule has 8 heteroatoms. The number of anilines is 1. The van der Waals surface area contributed by atoms with Crippen molar-refractivity contribution >= 4 is 16.7 Å². The molecule has 2 aliphatic rings. The van der Waals surface area contributed by atoms with Crippen molar-refractivity contribution in [2.24, 2.45) is 0 Å². The number of halogens is 1. The molecule has 0 unspecified atom stereocenters. The lowest BCUT2D eigenvalue weighted by Crippen LogP contribution is -2.48. The van der Waals surface area contributed by atoms with E-state index in [-0.39, 0.29) is 5.82 Å². The van der Waals surface area contributed by atoms with Crippen molar-refractivity contribution in [3.05, 3.63) is 35.5 Å². The smallest absolute Gasteiger partial charge is 0.223 e. The Morgan fingerprint density at radius 1 is 1.06 bits per heavy atom. The van der Waals surface area contributed by atoms with E-state index >= 15 is 0 Å². The Morgan fingerprint density at radius 3 is 2.50 bits per heavy atom. The van der Waals surface area contributed by atoms with Crippen molar-refractivity contribution in [3.63, 3.8) is 0 Å². The van der Waals surface area contributed by atoms with E-state index in [1.165, 1.54) is 0 Å². The van der Waals surface area contributed by atoms with E-state index in [1.54, 1.807) is 13.0 Å². The molecule has 1 aromatic carbocycles. The third-order valence-corrected chi connectivity index (χ3v) is 6.58. The second-order valence-corrected chi connectivity index (χ2v) is 8.81. The highest BCUT2D eigenvalue weighted by molar-refractivity contribution is 5.89. The number of ether oxygens (including phenoxy) is 1. The molecule has 32 heavy (non-hydrogen) atoms. The Bertz CT molecular complexity index is 1090. The van der Waals surface area contributed by atoms with E-state index in [4.69, 9.17) is 14.2 Å². The van der Waals surface area contributed by atoms with Gasteiger partial charge in [-0.3, -0.25) is 0 Å². The van der Waals surface area contributed by atoms with Crippen LogP contribution in [-0.4, -0.2) is 53.5 Å². The second-order valence-electron chi connectivity index (χ2n) is 8.81. The first kappa shape index (κ1) is 21.3. The Balaban J connectivity index is 1.44. The summed E-state index contributed by atoms with van der Waals surface area (Å²) >= 11 is 0. The Hall–Kier alpha value is -2.58. The maximum atomic E-state index is 14.9. The number of piperidine rings is 1. The van der Waals surface area contributed by atoms with Gasteiger partial charge in [0, 0.05) is 50.7 Å². The minimum absolute atomic E-state index is 0.285. The van der Waals surface area contributed by atoms with Gasteiger partial charge in [0.15, 0.2) is 0 Å². The largest absolute Gasteiger partial charge is 0.381 e. The topological polar surface area (TPSA) is 76.3 Å². The van der Waals surface area contributed by atoms with Crippen LogP contribution in [0.15, 0.2) is 22.7 Å². The predicted octanol–water partition coefficient (Wildman–Crippen LogP) is 4.03. The lowest BCUT2D eigenvalue weighted by Gasteiger charge is -2.36. The van der Waals surface area contributed by atoms with Crippen molar-refractivity contribution in [1.29, 1.82) is 0 Å². The molecule has 0 bridgehead atoms. The number of fused-ring (bicyclic) bond motifs is 1. The summed E-state index contributed by atoms with van der Waals surface area (Å²) in [7, 11) is 0. The van der Waals surface area contributed by atoms with Crippen LogP contribution in [0.1, 0.15) is 44.1 Å². The SMILES string of the molecule is CCc1cc(F)c2nc(N3CCC(NC4CCOCC4)CC3)c(-c3noc(C)n3)cc2c1. The third kappa shape index (κ3) is 4.34. The van der Waals surface area contributed by atoms with Crippen LogP contribution in [0.25, 0.3) is 22.3 Å².